The number of carbonyl (C=O) groups is 2. The van der Waals surface area contributed by atoms with E-state index < -0.39 is 48.8 Å². The molecule has 0 spiro atoms. The fourth-order valence-corrected chi connectivity index (χ4v) is 8.94. The molecule has 4 rings (SSSR count). The third kappa shape index (κ3) is 11.8. The van der Waals surface area contributed by atoms with Gasteiger partial charge in [-0.15, -0.1) is 0 Å². The fourth-order valence-electron chi connectivity index (χ4n) is 7.81. The van der Waals surface area contributed by atoms with Gasteiger partial charge in [-0.3, -0.25) is 14.1 Å². The normalized spacial score (nSPS) is 20.7. The van der Waals surface area contributed by atoms with Gasteiger partial charge in [-0.05, 0) is 76.5 Å². The van der Waals surface area contributed by atoms with E-state index in [2.05, 4.69) is 23.3 Å². The van der Waals surface area contributed by atoms with Crippen LogP contribution in [0.15, 0.2) is 96.8 Å². The zero-order chi connectivity index (χ0) is 40.3. The zero-order valence-corrected chi connectivity index (χ0v) is 33.1. The number of hydrogen-bond donors (Lipinski definition) is 3. The number of carboxylic acid groups (broad SMARTS) is 2. The molecule has 14 heteroatoms. The summed E-state index contributed by atoms with van der Waals surface area (Å²) in [7, 11) is -8.40. The molecule has 0 aromatic heterocycles. The van der Waals surface area contributed by atoms with Crippen molar-refractivity contribution in [1.29, 1.82) is 0 Å². The molecule has 55 heavy (non-hydrogen) atoms. The number of hydrogen-bond acceptors (Lipinski definition) is 8. The first-order valence-corrected chi connectivity index (χ1v) is 21.8. The summed E-state index contributed by atoms with van der Waals surface area (Å²) in [5, 5.41) is 18.7. The van der Waals surface area contributed by atoms with Crippen molar-refractivity contribution < 1.29 is 50.3 Å². The standard InChI is InChI=1S/C41H52N2O10S2/c1-40(26-16-24-38(44)45)32-18-8-10-20-34(32)42(28-12-14-30-54(48,49)50)36(40)22-6-4-3-5-7-23-37-41(2,27-17-25-39(46)47)33-19-9-11-21-35(33)43(37)29-13-15-31-55(51,52)53/h3-11,18-23H,12-17,24-31H2,1-2H3,(H3-,44,45,46,47,48,49,50,51,52,53). The molecule has 2 aromatic carbocycles. The maximum absolute atomic E-state index is 11.4. The molecule has 12 nitrogen and oxygen atoms in total. The summed E-state index contributed by atoms with van der Waals surface area (Å²) in [6, 6.07) is 15.8. The van der Waals surface area contributed by atoms with E-state index in [4.69, 9.17) is 0 Å². The van der Waals surface area contributed by atoms with E-state index >= 15 is 0 Å². The molecule has 2 aromatic rings. The van der Waals surface area contributed by atoms with E-state index in [1.54, 1.807) is 0 Å². The quantitative estimate of drug-likeness (QED) is 0.0487. The molecule has 3 N–H and O–H groups in total. The van der Waals surface area contributed by atoms with Crippen LogP contribution in [0.4, 0.5) is 11.4 Å². The average molecular weight is 797 g/mol. The molecular weight excluding hydrogens is 745 g/mol. The van der Waals surface area contributed by atoms with Gasteiger partial charge < -0.3 is 19.7 Å². The van der Waals surface area contributed by atoms with Gasteiger partial charge in [-0.2, -0.15) is 13.0 Å². The lowest BCUT2D eigenvalue weighted by atomic mass is 9.75. The Morgan fingerprint density at radius 1 is 0.745 bits per heavy atom. The Bertz CT molecular complexity index is 2090. The molecule has 0 bridgehead atoms. The van der Waals surface area contributed by atoms with Crippen LogP contribution in [0.5, 0.6) is 0 Å². The van der Waals surface area contributed by atoms with Crippen LogP contribution in [-0.2, 0) is 40.7 Å². The number of para-hydroxylation sites is 2. The van der Waals surface area contributed by atoms with Gasteiger partial charge in [0.25, 0.3) is 10.1 Å². The molecule has 2 aliphatic rings. The lowest BCUT2D eigenvalue weighted by Gasteiger charge is -2.30. The second-order valence-electron chi connectivity index (χ2n) is 14.5. The molecule has 0 fully saturated rings. The molecule has 0 aliphatic carbocycles. The van der Waals surface area contributed by atoms with Crippen molar-refractivity contribution in [3.05, 3.63) is 108 Å². The molecule has 2 heterocycles. The van der Waals surface area contributed by atoms with Gasteiger partial charge in [0.1, 0.15) is 6.54 Å². The van der Waals surface area contributed by atoms with Crippen LogP contribution in [0.2, 0.25) is 0 Å². The van der Waals surface area contributed by atoms with Crippen LogP contribution in [0.25, 0.3) is 0 Å². The van der Waals surface area contributed by atoms with Crippen LogP contribution in [-0.4, -0.2) is 83.0 Å². The third-order valence-corrected chi connectivity index (χ3v) is 12.0. The van der Waals surface area contributed by atoms with E-state index in [0.717, 1.165) is 33.9 Å². The Balaban J connectivity index is 1.61. The van der Waals surface area contributed by atoms with Gasteiger partial charge in [0.15, 0.2) is 5.71 Å². The first-order valence-electron chi connectivity index (χ1n) is 18.6. The third-order valence-electron chi connectivity index (χ3n) is 10.4. The Kier molecular flexibility index (Phi) is 15.0. The van der Waals surface area contributed by atoms with Crippen molar-refractivity contribution in [2.45, 2.75) is 88.9 Å². The van der Waals surface area contributed by atoms with Crippen LogP contribution in [0.1, 0.15) is 89.2 Å². The van der Waals surface area contributed by atoms with Gasteiger partial charge >= 0.3 is 11.9 Å². The van der Waals surface area contributed by atoms with Gasteiger partial charge in [0.2, 0.25) is 5.69 Å². The maximum atomic E-state index is 11.4. The summed E-state index contributed by atoms with van der Waals surface area (Å²) in [6.07, 6.45) is 17.1. The number of benzene rings is 2. The average Bonchev–Trinajstić information content (AvgIpc) is 3.47. The highest BCUT2D eigenvalue weighted by Crippen LogP contribution is 2.50. The molecule has 298 valence electrons. The van der Waals surface area contributed by atoms with Crippen LogP contribution < -0.4 is 4.90 Å². The van der Waals surface area contributed by atoms with Gasteiger partial charge in [-0.25, -0.2) is 8.42 Å². The Labute approximate surface area is 324 Å². The second kappa shape index (κ2) is 19.0. The highest BCUT2D eigenvalue weighted by atomic mass is 32.2. The lowest BCUT2D eigenvalue weighted by Crippen LogP contribution is -2.31. The molecule has 2 atom stereocenters. The fraction of sp³-hybridized carbons (Fsp3) is 0.439. The monoisotopic (exact) mass is 796 g/mol. The Morgan fingerprint density at radius 2 is 1.33 bits per heavy atom. The van der Waals surface area contributed by atoms with E-state index in [1.807, 2.05) is 91.1 Å². The van der Waals surface area contributed by atoms with E-state index in [1.165, 1.54) is 0 Å². The van der Waals surface area contributed by atoms with Crippen LogP contribution in [0.3, 0.4) is 0 Å². The summed E-state index contributed by atoms with van der Waals surface area (Å²) in [4.78, 5) is 24.9. The van der Waals surface area contributed by atoms with Gasteiger partial charge in [-0.1, -0.05) is 66.8 Å². The van der Waals surface area contributed by atoms with Crippen molar-refractivity contribution in [3.8, 4) is 0 Å². The molecule has 2 aliphatic heterocycles. The second-order valence-corrected chi connectivity index (χ2v) is 17.6. The first kappa shape index (κ1) is 43.4. The summed E-state index contributed by atoms with van der Waals surface area (Å²) < 4.78 is 67.8. The largest absolute Gasteiger partial charge is 0.748 e. The summed E-state index contributed by atoms with van der Waals surface area (Å²) in [5.74, 6) is -2.49. The van der Waals surface area contributed by atoms with Crippen molar-refractivity contribution in [2.75, 3.05) is 29.5 Å². The van der Waals surface area contributed by atoms with Crippen LogP contribution in [0, 0.1) is 0 Å². The zero-order valence-electron chi connectivity index (χ0n) is 31.5. The van der Waals surface area contributed by atoms with Crippen molar-refractivity contribution in [1.82, 2.24) is 0 Å². The smallest absolute Gasteiger partial charge is 0.303 e. The Hall–Kier alpha value is -4.37. The molecule has 0 amide bonds. The summed E-state index contributed by atoms with van der Waals surface area (Å²) in [6.45, 7) is 5.18. The minimum atomic E-state index is -4.33. The number of aliphatic carboxylic acids is 2. The van der Waals surface area contributed by atoms with Crippen molar-refractivity contribution in [2.24, 2.45) is 0 Å². The number of rotatable bonds is 22. The lowest BCUT2D eigenvalue weighted by molar-refractivity contribution is -0.438. The summed E-state index contributed by atoms with van der Waals surface area (Å²) >= 11 is 0. The van der Waals surface area contributed by atoms with E-state index in [9.17, 15) is 45.7 Å². The number of carboxylic acids is 2. The van der Waals surface area contributed by atoms with Gasteiger partial charge in [0.05, 0.1) is 21.3 Å². The highest BCUT2D eigenvalue weighted by molar-refractivity contribution is 7.85. The maximum Gasteiger partial charge on any atom is 0.303 e. The number of allylic oxidation sites excluding steroid dienone is 8. The predicted octanol–water partition coefficient (Wildman–Crippen LogP) is 6.88. The van der Waals surface area contributed by atoms with E-state index in [0.29, 0.717) is 51.6 Å². The number of anilines is 1. The number of unbranched alkanes of at least 4 members (excludes halogenated alkanes) is 2. The van der Waals surface area contributed by atoms with Gasteiger partial charge in [0, 0.05) is 66.1 Å². The highest BCUT2D eigenvalue weighted by Gasteiger charge is 2.47. The number of fused-ring (bicyclic) bond motifs is 2. The minimum Gasteiger partial charge on any atom is -0.748 e. The molecule has 0 saturated heterocycles. The molecular formula is C41H52N2O10S2. The first-order chi connectivity index (χ1) is 26.0. The summed E-state index contributed by atoms with van der Waals surface area (Å²) in [5.41, 5.74) is 4.97. The predicted molar refractivity (Wildman–Crippen MR) is 213 cm³/mol. The molecule has 0 saturated carbocycles. The topological polar surface area (TPSA) is 192 Å². The van der Waals surface area contributed by atoms with Crippen molar-refractivity contribution in [3.63, 3.8) is 0 Å². The van der Waals surface area contributed by atoms with E-state index in [-0.39, 0.29) is 31.4 Å². The van der Waals surface area contributed by atoms with Crippen molar-refractivity contribution >= 4 is 49.3 Å². The SMILES string of the molecule is CC1(CCCC(=O)O)C(=CC=CC=CC=CC2=[N+](CCCCS(=O)(=O)O)c3ccccc3C2(C)CCCC(=O)O)N(CCCCS(=O)(=O)[O-])c2ccccc21. The molecule has 2 unspecified atom stereocenters. The minimum absolute atomic E-state index is 0.0298. The molecule has 0 radical (unpaired) electrons. The number of nitrogens with zero attached hydrogens (tertiary/aromatic N) is 2. The van der Waals surface area contributed by atoms with Crippen LogP contribution >= 0.6 is 0 Å². The Morgan fingerprint density at radius 3 is 1.98 bits per heavy atom.